The highest BCUT2D eigenvalue weighted by molar-refractivity contribution is 8.00. The van der Waals surface area contributed by atoms with Gasteiger partial charge in [0, 0.05) is 11.0 Å². The lowest BCUT2D eigenvalue weighted by Crippen LogP contribution is -2.51. The highest BCUT2D eigenvalue weighted by Crippen LogP contribution is 2.61. The number of hydrogen-bond donors (Lipinski definition) is 0. The molecular formula is C22H24N2O4S. The summed E-state index contributed by atoms with van der Waals surface area (Å²) in [7, 11) is 0. The molecule has 4 saturated carbocycles. The van der Waals surface area contributed by atoms with Crippen molar-refractivity contribution in [2.75, 3.05) is 6.79 Å². The Bertz CT molecular complexity index is 936. The van der Waals surface area contributed by atoms with E-state index >= 15 is 0 Å². The Kier molecular flexibility index (Phi) is 3.98. The van der Waals surface area contributed by atoms with Crippen molar-refractivity contribution in [1.82, 2.24) is 10.2 Å². The van der Waals surface area contributed by atoms with E-state index in [9.17, 15) is 4.79 Å². The van der Waals surface area contributed by atoms with Crippen LogP contribution in [0.3, 0.4) is 0 Å². The third-order valence-corrected chi connectivity index (χ3v) is 8.17. The van der Waals surface area contributed by atoms with E-state index in [1.165, 1.54) is 31.0 Å². The molecule has 0 saturated heterocycles. The van der Waals surface area contributed by atoms with Crippen LogP contribution in [0.15, 0.2) is 27.8 Å². The summed E-state index contributed by atoms with van der Waals surface area (Å²) in [6, 6.07) is 5.56. The molecule has 0 amide bonds. The summed E-state index contributed by atoms with van der Waals surface area (Å²) in [5.74, 6) is 4.53. The number of ether oxygens (including phenoxy) is 2. The lowest BCUT2D eigenvalue weighted by molar-refractivity contribution is -0.143. The fourth-order valence-electron chi connectivity index (χ4n) is 6.45. The molecule has 2 aromatic rings. The van der Waals surface area contributed by atoms with E-state index in [4.69, 9.17) is 13.9 Å². The Morgan fingerprint density at radius 1 is 1.07 bits per heavy atom. The van der Waals surface area contributed by atoms with Gasteiger partial charge in [0.05, 0.1) is 5.25 Å². The number of thioether (sulfide) groups is 1. The highest BCUT2D eigenvalue weighted by atomic mass is 32.2. The summed E-state index contributed by atoms with van der Waals surface area (Å²) in [4.78, 5) is 13.5. The summed E-state index contributed by atoms with van der Waals surface area (Å²) in [6.45, 7) is 2.23. The van der Waals surface area contributed by atoms with Gasteiger partial charge in [-0.25, -0.2) is 0 Å². The van der Waals surface area contributed by atoms with Crippen LogP contribution in [-0.2, 0) is 4.79 Å². The van der Waals surface area contributed by atoms with Gasteiger partial charge in [0.25, 0.3) is 5.22 Å². The number of benzene rings is 1. The largest absolute Gasteiger partial charge is 0.454 e. The fraction of sp³-hybridized carbons (Fsp3) is 0.591. The summed E-state index contributed by atoms with van der Waals surface area (Å²) >= 11 is 1.40. The van der Waals surface area contributed by atoms with Crippen molar-refractivity contribution in [2.45, 2.75) is 55.9 Å². The second kappa shape index (κ2) is 6.49. The summed E-state index contributed by atoms with van der Waals surface area (Å²) in [6.07, 6.45) is 7.31. The molecule has 152 valence electrons. The minimum Gasteiger partial charge on any atom is -0.454 e. The molecule has 4 aliphatic carbocycles. The monoisotopic (exact) mass is 412 g/mol. The zero-order valence-electron chi connectivity index (χ0n) is 16.4. The van der Waals surface area contributed by atoms with E-state index in [1.54, 1.807) is 0 Å². The maximum absolute atomic E-state index is 13.5. The van der Waals surface area contributed by atoms with Crippen LogP contribution in [-0.4, -0.2) is 28.0 Å². The van der Waals surface area contributed by atoms with Gasteiger partial charge in [-0.3, -0.25) is 4.79 Å². The summed E-state index contributed by atoms with van der Waals surface area (Å²) in [5.41, 5.74) is 0.690. The van der Waals surface area contributed by atoms with Crippen LogP contribution in [0.2, 0.25) is 0 Å². The molecule has 7 rings (SSSR count). The molecule has 5 aliphatic rings. The second-order valence-corrected chi connectivity index (χ2v) is 10.6. The first kappa shape index (κ1) is 17.8. The van der Waals surface area contributed by atoms with Crippen molar-refractivity contribution in [3.05, 3.63) is 18.2 Å². The van der Waals surface area contributed by atoms with Gasteiger partial charge in [-0.1, -0.05) is 11.8 Å². The van der Waals surface area contributed by atoms with E-state index < -0.39 is 0 Å². The molecule has 29 heavy (non-hydrogen) atoms. The molecule has 2 heterocycles. The number of fused-ring (bicyclic) bond motifs is 1. The Labute approximate surface area is 173 Å². The lowest BCUT2D eigenvalue weighted by atomic mass is 9.48. The highest BCUT2D eigenvalue weighted by Gasteiger charge is 2.55. The zero-order chi connectivity index (χ0) is 19.6. The molecule has 1 atom stereocenters. The molecule has 4 bridgehead atoms. The molecule has 1 unspecified atom stereocenters. The molecule has 1 aliphatic heterocycles. The third kappa shape index (κ3) is 2.97. The van der Waals surface area contributed by atoms with Gasteiger partial charge in [-0.2, -0.15) is 0 Å². The molecule has 0 radical (unpaired) electrons. The predicted molar refractivity (Wildman–Crippen MR) is 107 cm³/mol. The second-order valence-electron chi connectivity index (χ2n) is 9.26. The van der Waals surface area contributed by atoms with Gasteiger partial charge in [0.15, 0.2) is 17.3 Å². The van der Waals surface area contributed by atoms with Crippen molar-refractivity contribution in [3.8, 4) is 23.0 Å². The van der Waals surface area contributed by atoms with Crippen molar-refractivity contribution >= 4 is 17.5 Å². The first-order valence-corrected chi connectivity index (χ1v) is 11.4. The molecule has 6 nitrogen and oxygen atoms in total. The number of Topliss-reactive ketones (excluding diaryl/α,β-unsaturated/α-hetero) is 1. The van der Waals surface area contributed by atoms with Gasteiger partial charge in [0.2, 0.25) is 12.7 Å². The number of nitrogens with zero attached hydrogens (tertiary/aromatic N) is 2. The van der Waals surface area contributed by atoms with Crippen molar-refractivity contribution in [3.63, 3.8) is 0 Å². The summed E-state index contributed by atoms with van der Waals surface area (Å²) < 4.78 is 16.6. The van der Waals surface area contributed by atoms with Gasteiger partial charge >= 0.3 is 0 Å². The SMILES string of the molecule is CC(Sc1nnc(-c2ccc3c(c2)OCO3)o1)C(=O)C12CC3CC(CC(C3)C1)C2. The number of aromatic nitrogens is 2. The maximum Gasteiger partial charge on any atom is 0.277 e. The van der Waals surface area contributed by atoms with Crippen LogP contribution in [0.4, 0.5) is 0 Å². The fourth-order valence-corrected chi connectivity index (χ4v) is 7.33. The third-order valence-electron chi connectivity index (χ3n) is 7.23. The zero-order valence-corrected chi connectivity index (χ0v) is 17.2. The van der Waals surface area contributed by atoms with E-state index in [0.29, 0.717) is 22.6 Å². The molecule has 4 fully saturated rings. The standard InChI is InChI=1S/C22H24N2O4S/c1-12(19(25)22-8-13-4-14(9-22)6-15(5-13)10-22)29-21-24-23-20(28-21)16-2-3-17-18(7-16)27-11-26-17/h2-3,7,12-15H,4-6,8-11H2,1H3. The van der Waals surface area contributed by atoms with Crippen LogP contribution >= 0.6 is 11.8 Å². The molecule has 7 heteroatoms. The topological polar surface area (TPSA) is 74.5 Å². The van der Waals surface area contributed by atoms with Crippen LogP contribution in [0.25, 0.3) is 11.5 Å². The van der Waals surface area contributed by atoms with E-state index in [1.807, 2.05) is 25.1 Å². The normalized spacial score (nSPS) is 32.5. The Morgan fingerprint density at radius 3 is 2.48 bits per heavy atom. The molecule has 1 aromatic carbocycles. The Hall–Kier alpha value is -2.02. The van der Waals surface area contributed by atoms with Crippen LogP contribution < -0.4 is 9.47 Å². The molecule has 1 aromatic heterocycles. The quantitative estimate of drug-likeness (QED) is 0.657. The van der Waals surface area contributed by atoms with E-state index in [0.717, 1.165) is 48.3 Å². The molecule has 0 spiro atoms. The van der Waals surface area contributed by atoms with E-state index in [-0.39, 0.29) is 17.5 Å². The maximum atomic E-state index is 13.5. The first-order chi connectivity index (χ1) is 14.1. The minimum absolute atomic E-state index is 0.0959. The van der Waals surface area contributed by atoms with Crippen LogP contribution in [0.5, 0.6) is 11.5 Å². The predicted octanol–water partition coefficient (Wildman–Crippen LogP) is 4.73. The van der Waals surface area contributed by atoms with Gasteiger partial charge in [-0.15, -0.1) is 10.2 Å². The number of carbonyl (C=O) groups excluding carboxylic acids is 1. The van der Waals surface area contributed by atoms with Crippen LogP contribution in [0.1, 0.15) is 45.4 Å². The minimum atomic E-state index is -0.170. The van der Waals surface area contributed by atoms with Gasteiger partial charge in [-0.05, 0) is 81.4 Å². The Balaban J connectivity index is 1.18. The smallest absolute Gasteiger partial charge is 0.277 e. The number of ketones is 1. The lowest BCUT2D eigenvalue weighted by Gasteiger charge is -2.56. The first-order valence-electron chi connectivity index (χ1n) is 10.5. The van der Waals surface area contributed by atoms with Crippen molar-refractivity contribution < 1.29 is 18.7 Å². The van der Waals surface area contributed by atoms with Crippen LogP contribution in [0, 0.1) is 23.2 Å². The number of rotatable bonds is 5. The average Bonchev–Trinajstić information content (AvgIpc) is 3.35. The van der Waals surface area contributed by atoms with Crippen molar-refractivity contribution in [2.24, 2.45) is 23.2 Å². The summed E-state index contributed by atoms with van der Waals surface area (Å²) in [5, 5.41) is 8.63. The van der Waals surface area contributed by atoms with Gasteiger partial charge < -0.3 is 13.9 Å². The van der Waals surface area contributed by atoms with Gasteiger partial charge in [0.1, 0.15) is 0 Å². The molecular weight excluding hydrogens is 388 g/mol. The number of carbonyl (C=O) groups is 1. The molecule has 0 N–H and O–H groups in total. The van der Waals surface area contributed by atoms with Crippen molar-refractivity contribution in [1.29, 1.82) is 0 Å². The number of hydrogen-bond acceptors (Lipinski definition) is 7. The van der Waals surface area contributed by atoms with E-state index in [2.05, 4.69) is 10.2 Å². The average molecular weight is 413 g/mol. The Morgan fingerprint density at radius 2 is 1.76 bits per heavy atom.